The molecule has 0 aliphatic heterocycles. The minimum Gasteiger partial charge on any atom is -0.497 e. The summed E-state index contributed by atoms with van der Waals surface area (Å²) in [6, 6.07) is 6.86. The maximum absolute atomic E-state index is 13.1. The normalized spacial score (nSPS) is 10.5. The third-order valence-corrected chi connectivity index (χ3v) is 2.15. The second kappa shape index (κ2) is 3.25. The van der Waals surface area contributed by atoms with E-state index in [9.17, 15) is 4.39 Å². The Morgan fingerprint density at radius 3 is 2.79 bits per heavy atom. The molecule has 3 heteroatoms. The van der Waals surface area contributed by atoms with Gasteiger partial charge in [0.15, 0.2) is 0 Å². The lowest BCUT2D eigenvalue weighted by Gasteiger charge is -2.03. The van der Waals surface area contributed by atoms with Gasteiger partial charge in [-0.2, -0.15) is 0 Å². The van der Waals surface area contributed by atoms with Crippen LogP contribution in [-0.4, -0.2) is 12.1 Å². The van der Waals surface area contributed by atoms with Crippen LogP contribution in [-0.2, 0) is 0 Å². The smallest absolute Gasteiger partial charge is 0.145 e. The number of nitrogens with zero attached hydrogens (tertiary/aromatic N) is 1. The molecule has 0 radical (unpaired) electrons. The third kappa shape index (κ3) is 1.41. The van der Waals surface area contributed by atoms with E-state index in [4.69, 9.17) is 4.74 Å². The van der Waals surface area contributed by atoms with Crippen molar-refractivity contribution in [2.45, 2.75) is 6.92 Å². The van der Waals surface area contributed by atoms with Crippen LogP contribution in [0.4, 0.5) is 4.39 Å². The third-order valence-electron chi connectivity index (χ3n) is 2.15. The Bertz CT molecular complexity index is 482. The van der Waals surface area contributed by atoms with E-state index < -0.39 is 0 Å². The maximum atomic E-state index is 13.1. The van der Waals surface area contributed by atoms with Crippen molar-refractivity contribution in [3.63, 3.8) is 0 Å². The number of aromatic nitrogens is 1. The van der Waals surface area contributed by atoms with Crippen molar-refractivity contribution in [1.29, 1.82) is 0 Å². The molecule has 0 fully saturated rings. The standard InChI is InChI=1S/C11H10FNO/c1-7-10(12)5-8-3-4-9(14-2)6-11(8)13-7/h3-6H,1-2H3. The highest BCUT2D eigenvalue weighted by atomic mass is 19.1. The highest BCUT2D eigenvalue weighted by molar-refractivity contribution is 5.80. The lowest BCUT2D eigenvalue weighted by atomic mass is 10.2. The molecule has 0 aliphatic rings. The first-order chi connectivity index (χ1) is 6.70. The van der Waals surface area contributed by atoms with Gasteiger partial charge in [0.1, 0.15) is 11.6 Å². The molecule has 2 nitrogen and oxygen atoms in total. The van der Waals surface area contributed by atoms with Crippen molar-refractivity contribution >= 4 is 10.9 Å². The molecule has 0 saturated carbocycles. The lowest BCUT2D eigenvalue weighted by molar-refractivity contribution is 0.415. The van der Waals surface area contributed by atoms with Crippen molar-refractivity contribution in [1.82, 2.24) is 4.98 Å². The predicted molar refractivity (Wildman–Crippen MR) is 53.0 cm³/mol. The first-order valence-electron chi connectivity index (χ1n) is 4.31. The summed E-state index contributed by atoms with van der Waals surface area (Å²) in [5, 5.41) is 0.786. The van der Waals surface area contributed by atoms with Gasteiger partial charge in [0.25, 0.3) is 0 Å². The number of benzene rings is 1. The summed E-state index contributed by atoms with van der Waals surface area (Å²) in [4.78, 5) is 4.13. The van der Waals surface area contributed by atoms with Gasteiger partial charge in [0.2, 0.25) is 0 Å². The van der Waals surface area contributed by atoms with Crippen LogP contribution < -0.4 is 4.74 Å². The van der Waals surface area contributed by atoms with Gasteiger partial charge < -0.3 is 4.74 Å². The summed E-state index contributed by atoms with van der Waals surface area (Å²) in [5.41, 5.74) is 1.16. The Hall–Kier alpha value is -1.64. The van der Waals surface area contributed by atoms with E-state index in [1.165, 1.54) is 6.07 Å². The summed E-state index contributed by atoms with van der Waals surface area (Å²) in [6.07, 6.45) is 0. The molecule has 1 aromatic heterocycles. The van der Waals surface area contributed by atoms with Gasteiger partial charge in [0, 0.05) is 11.5 Å². The average molecular weight is 191 g/mol. The van der Waals surface area contributed by atoms with Crippen LogP contribution in [0.1, 0.15) is 5.69 Å². The summed E-state index contributed by atoms with van der Waals surface area (Å²) in [5.74, 6) is 0.457. The zero-order chi connectivity index (χ0) is 10.1. The second-order valence-corrected chi connectivity index (χ2v) is 3.11. The molecule has 0 spiro atoms. The van der Waals surface area contributed by atoms with Crippen LogP contribution in [0.15, 0.2) is 24.3 Å². The van der Waals surface area contributed by atoms with Crippen LogP contribution in [0.2, 0.25) is 0 Å². The summed E-state index contributed by atoms with van der Waals surface area (Å²) in [7, 11) is 1.59. The molecule has 1 heterocycles. The van der Waals surface area contributed by atoms with Crippen LogP contribution in [0.5, 0.6) is 5.75 Å². The Morgan fingerprint density at radius 2 is 2.07 bits per heavy atom. The first kappa shape index (κ1) is 8.94. The van der Waals surface area contributed by atoms with Crippen LogP contribution in [0.3, 0.4) is 0 Å². The van der Waals surface area contributed by atoms with Crippen molar-refractivity contribution < 1.29 is 9.13 Å². The Balaban J connectivity index is 2.70. The Morgan fingerprint density at radius 1 is 1.29 bits per heavy atom. The van der Waals surface area contributed by atoms with E-state index >= 15 is 0 Å². The highest BCUT2D eigenvalue weighted by Crippen LogP contribution is 2.20. The lowest BCUT2D eigenvalue weighted by Crippen LogP contribution is -1.90. The molecule has 2 aromatic rings. The van der Waals surface area contributed by atoms with Gasteiger partial charge in [-0.05, 0) is 25.1 Å². The molecule has 14 heavy (non-hydrogen) atoms. The van der Waals surface area contributed by atoms with E-state index in [1.807, 2.05) is 0 Å². The molecule has 0 atom stereocenters. The molecular formula is C11H10FNO. The topological polar surface area (TPSA) is 22.1 Å². The number of ether oxygens (including phenoxy) is 1. The SMILES string of the molecule is COc1ccc2cc(F)c(C)nc2c1. The zero-order valence-corrected chi connectivity index (χ0v) is 8.04. The Labute approximate surface area is 81.3 Å². The summed E-state index contributed by atoms with van der Waals surface area (Å²) < 4.78 is 18.2. The van der Waals surface area contributed by atoms with E-state index in [0.717, 1.165) is 16.7 Å². The number of halogens is 1. The maximum Gasteiger partial charge on any atom is 0.145 e. The fraction of sp³-hybridized carbons (Fsp3) is 0.182. The molecule has 0 bridgehead atoms. The van der Waals surface area contributed by atoms with E-state index in [1.54, 1.807) is 32.2 Å². The minimum atomic E-state index is -0.275. The highest BCUT2D eigenvalue weighted by Gasteiger charge is 2.02. The fourth-order valence-electron chi connectivity index (χ4n) is 1.34. The fourth-order valence-corrected chi connectivity index (χ4v) is 1.34. The van der Waals surface area contributed by atoms with Crippen molar-refractivity contribution in [3.05, 3.63) is 35.8 Å². The van der Waals surface area contributed by atoms with Crippen LogP contribution >= 0.6 is 0 Å². The van der Waals surface area contributed by atoms with Crippen molar-refractivity contribution in [3.8, 4) is 5.75 Å². The predicted octanol–water partition coefficient (Wildman–Crippen LogP) is 2.69. The number of rotatable bonds is 1. The van der Waals surface area contributed by atoms with E-state index in [-0.39, 0.29) is 5.82 Å². The van der Waals surface area contributed by atoms with E-state index in [2.05, 4.69) is 4.98 Å². The molecular weight excluding hydrogens is 181 g/mol. The van der Waals surface area contributed by atoms with Gasteiger partial charge in [-0.3, -0.25) is 0 Å². The van der Waals surface area contributed by atoms with Crippen LogP contribution in [0.25, 0.3) is 10.9 Å². The molecule has 0 saturated heterocycles. The van der Waals surface area contributed by atoms with Gasteiger partial charge in [-0.25, -0.2) is 9.37 Å². The number of pyridine rings is 1. The van der Waals surface area contributed by atoms with Gasteiger partial charge in [-0.15, -0.1) is 0 Å². The number of methoxy groups -OCH3 is 1. The second-order valence-electron chi connectivity index (χ2n) is 3.11. The Kier molecular flexibility index (Phi) is 2.08. The van der Waals surface area contributed by atoms with Crippen LogP contribution in [0, 0.1) is 12.7 Å². The molecule has 2 rings (SSSR count). The number of hydrogen-bond acceptors (Lipinski definition) is 2. The van der Waals surface area contributed by atoms with E-state index in [0.29, 0.717) is 5.69 Å². The molecule has 0 amide bonds. The summed E-state index contributed by atoms with van der Waals surface area (Å²) >= 11 is 0. The van der Waals surface area contributed by atoms with Crippen molar-refractivity contribution in [2.24, 2.45) is 0 Å². The largest absolute Gasteiger partial charge is 0.497 e. The quantitative estimate of drug-likeness (QED) is 0.691. The number of hydrogen-bond donors (Lipinski definition) is 0. The number of aryl methyl sites for hydroxylation is 1. The van der Waals surface area contributed by atoms with Crippen molar-refractivity contribution in [2.75, 3.05) is 7.11 Å². The minimum absolute atomic E-state index is 0.275. The monoisotopic (exact) mass is 191 g/mol. The average Bonchev–Trinajstić information content (AvgIpc) is 2.19. The molecule has 72 valence electrons. The van der Waals surface area contributed by atoms with Gasteiger partial charge >= 0.3 is 0 Å². The number of fused-ring (bicyclic) bond motifs is 1. The summed E-state index contributed by atoms with van der Waals surface area (Å²) in [6.45, 7) is 1.65. The molecule has 0 aliphatic carbocycles. The van der Waals surface area contributed by atoms with Gasteiger partial charge in [0.05, 0.1) is 18.3 Å². The zero-order valence-electron chi connectivity index (χ0n) is 8.04. The molecule has 0 unspecified atom stereocenters. The molecule has 1 aromatic carbocycles. The van der Waals surface area contributed by atoms with Gasteiger partial charge in [-0.1, -0.05) is 0 Å². The molecule has 0 N–H and O–H groups in total. The first-order valence-corrected chi connectivity index (χ1v) is 4.31.